The quantitative estimate of drug-likeness (QED) is 0.188. The van der Waals surface area contributed by atoms with Gasteiger partial charge in [-0.2, -0.15) is 0 Å². The highest BCUT2D eigenvalue weighted by molar-refractivity contribution is 7.98. The molecular formula is C24H21ClN4O4S. The van der Waals surface area contributed by atoms with Gasteiger partial charge in [0.25, 0.3) is 11.1 Å². The van der Waals surface area contributed by atoms with E-state index in [1.165, 1.54) is 11.8 Å². The SMILES string of the molecule is CCOCCCn1c(SCc2nc3c(oc4ccccc43)c(=O)[nH]2)nc2cc(Cl)ccc2c1=O. The molecule has 0 bridgehead atoms. The minimum Gasteiger partial charge on any atom is -0.449 e. The highest BCUT2D eigenvalue weighted by Gasteiger charge is 2.16. The molecule has 2 aromatic carbocycles. The molecule has 0 spiro atoms. The van der Waals surface area contributed by atoms with Crippen LogP contribution >= 0.6 is 23.4 Å². The second kappa shape index (κ2) is 9.61. The van der Waals surface area contributed by atoms with Crippen molar-refractivity contribution in [2.24, 2.45) is 0 Å². The monoisotopic (exact) mass is 496 g/mol. The van der Waals surface area contributed by atoms with Crippen molar-refractivity contribution in [1.82, 2.24) is 19.5 Å². The molecule has 1 N–H and O–H groups in total. The molecule has 0 saturated heterocycles. The van der Waals surface area contributed by atoms with Gasteiger partial charge in [0, 0.05) is 30.2 Å². The molecule has 34 heavy (non-hydrogen) atoms. The van der Waals surface area contributed by atoms with E-state index in [9.17, 15) is 9.59 Å². The first-order valence-electron chi connectivity index (χ1n) is 10.9. The molecule has 0 aliphatic rings. The number of nitrogens with one attached hydrogen (secondary N) is 1. The summed E-state index contributed by atoms with van der Waals surface area (Å²) in [5.41, 5.74) is 1.36. The van der Waals surface area contributed by atoms with Crippen LogP contribution in [-0.4, -0.2) is 32.7 Å². The number of hydrogen-bond acceptors (Lipinski definition) is 7. The third kappa shape index (κ3) is 4.34. The van der Waals surface area contributed by atoms with Gasteiger partial charge in [-0.25, -0.2) is 9.97 Å². The van der Waals surface area contributed by atoms with Crippen molar-refractivity contribution >= 4 is 56.3 Å². The van der Waals surface area contributed by atoms with Crippen molar-refractivity contribution in [3.8, 4) is 0 Å². The van der Waals surface area contributed by atoms with Crippen LogP contribution in [0.15, 0.2) is 61.6 Å². The van der Waals surface area contributed by atoms with Crippen LogP contribution in [0.4, 0.5) is 0 Å². The van der Waals surface area contributed by atoms with Gasteiger partial charge in [-0.1, -0.05) is 35.5 Å². The normalized spacial score (nSPS) is 11.7. The maximum Gasteiger partial charge on any atom is 0.294 e. The molecule has 10 heteroatoms. The molecule has 5 aromatic rings. The number of aromatic amines is 1. The van der Waals surface area contributed by atoms with Crippen LogP contribution in [0.2, 0.25) is 5.02 Å². The smallest absolute Gasteiger partial charge is 0.294 e. The van der Waals surface area contributed by atoms with Gasteiger partial charge in [0.15, 0.2) is 5.16 Å². The van der Waals surface area contributed by atoms with E-state index in [1.807, 2.05) is 25.1 Å². The van der Waals surface area contributed by atoms with E-state index in [1.54, 1.807) is 28.8 Å². The lowest BCUT2D eigenvalue weighted by molar-refractivity contribution is 0.140. The number of rotatable bonds is 8. The van der Waals surface area contributed by atoms with Crippen molar-refractivity contribution in [1.29, 1.82) is 0 Å². The van der Waals surface area contributed by atoms with Crippen LogP contribution in [-0.2, 0) is 17.0 Å². The van der Waals surface area contributed by atoms with Crippen molar-refractivity contribution < 1.29 is 9.15 Å². The average Bonchev–Trinajstić information content (AvgIpc) is 3.21. The van der Waals surface area contributed by atoms with Gasteiger partial charge in [-0.15, -0.1) is 0 Å². The fourth-order valence-electron chi connectivity index (χ4n) is 3.80. The van der Waals surface area contributed by atoms with Gasteiger partial charge in [0.1, 0.15) is 16.9 Å². The number of para-hydroxylation sites is 1. The lowest BCUT2D eigenvalue weighted by Crippen LogP contribution is -2.24. The van der Waals surface area contributed by atoms with E-state index in [0.29, 0.717) is 69.9 Å². The summed E-state index contributed by atoms with van der Waals surface area (Å²) < 4.78 is 12.7. The predicted molar refractivity (Wildman–Crippen MR) is 134 cm³/mol. The molecule has 0 unspecified atom stereocenters. The highest BCUT2D eigenvalue weighted by Crippen LogP contribution is 2.26. The van der Waals surface area contributed by atoms with Crippen LogP contribution in [0.3, 0.4) is 0 Å². The Hall–Kier alpha value is -3.14. The Morgan fingerprint density at radius 2 is 2.00 bits per heavy atom. The van der Waals surface area contributed by atoms with Gasteiger partial charge < -0.3 is 14.1 Å². The molecule has 3 heterocycles. The van der Waals surface area contributed by atoms with Gasteiger partial charge in [-0.3, -0.25) is 14.2 Å². The molecule has 0 amide bonds. The first-order chi connectivity index (χ1) is 16.5. The molecule has 174 valence electrons. The van der Waals surface area contributed by atoms with Gasteiger partial charge in [-0.05, 0) is 43.7 Å². The Labute approximate surface area is 202 Å². The Morgan fingerprint density at radius 3 is 2.85 bits per heavy atom. The second-order valence-electron chi connectivity index (χ2n) is 7.64. The largest absolute Gasteiger partial charge is 0.449 e. The van der Waals surface area contributed by atoms with E-state index in [-0.39, 0.29) is 16.7 Å². The fraction of sp³-hybridized carbons (Fsp3) is 0.250. The van der Waals surface area contributed by atoms with Crippen molar-refractivity contribution in [3.63, 3.8) is 0 Å². The number of thioether (sulfide) groups is 1. The molecule has 5 rings (SSSR count). The van der Waals surface area contributed by atoms with Crippen LogP contribution in [0.5, 0.6) is 0 Å². The van der Waals surface area contributed by atoms with Crippen molar-refractivity contribution in [3.05, 3.63) is 74.0 Å². The zero-order valence-corrected chi connectivity index (χ0v) is 19.9. The topological polar surface area (TPSA) is 103 Å². The number of benzene rings is 2. The zero-order chi connectivity index (χ0) is 23.7. The molecule has 0 aliphatic heterocycles. The van der Waals surface area contributed by atoms with Gasteiger partial charge in [0.05, 0.1) is 16.7 Å². The van der Waals surface area contributed by atoms with Crippen molar-refractivity contribution in [2.75, 3.05) is 13.2 Å². The zero-order valence-electron chi connectivity index (χ0n) is 18.3. The predicted octanol–water partition coefficient (Wildman–Crippen LogP) is 4.75. The first-order valence-corrected chi connectivity index (χ1v) is 12.2. The maximum atomic E-state index is 13.2. The summed E-state index contributed by atoms with van der Waals surface area (Å²) in [6.45, 7) is 3.56. The number of aromatic nitrogens is 4. The van der Waals surface area contributed by atoms with Crippen LogP contribution < -0.4 is 11.1 Å². The van der Waals surface area contributed by atoms with Crippen molar-refractivity contribution in [2.45, 2.75) is 30.8 Å². The molecule has 0 aliphatic carbocycles. The number of ether oxygens (including phenoxy) is 1. The molecule has 0 saturated carbocycles. The second-order valence-corrected chi connectivity index (χ2v) is 9.02. The highest BCUT2D eigenvalue weighted by atomic mass is 35.5. The summed E-state index contributed by atoms with van der Waals surface area (Å²) in [4.78, 5) is 37.9. The van der Waals surface area contributed by atoms with E-state index < -0.39 is 0 Å². The minimum absolute atomic E-state index is 0.140. The summed E-state index contributed by atoms with van der Waals surface area (Å²) in [6, 6.07) is 12.4. The molecule has 0 atom stereocenters. The third-order valence-corrected chi connectivity index (χ3v) is 6.60. The molecule has 8 nitrogen and oxygen atoms in total. The average molecular weight is 497 g/mol. The Morgan fingerprint density at radius 1 is 1.15 bits per heavy atom. The number of halogens is 1. The Balaban J connectivity index is 1.51. The number of H-pyrrole nitrogens is 1. The summed E-state index contributed by atoms with van der Waals surface area (Å²) >= 11 is 7.46. The van der Waals surface area contributed by atoms with Crippen LogP contribution in [0.25, 0.3) is 33.0 Å². The summed E-state index contributed by atoms with van der Waals surface area (Å²) in [6.07, 6.45) is 0.671. The summed E-state index contributed by atoms with van der Waals surface area (Å²) in [5, 5.41) is 2.31. The van der Waals surface area contributed by atoms with Gasteiger partial charge >= 0.3 is 0 Å². The lowest BCUT2D eigenvalue weighted by atomic mass is 10.2. The van der Waals surface area contributed by atoms with E-state index in [0.717, 1.165) is 5.39 Å². The number of hydrogen-bond donors (Lipinski definition) is 1. The summed E-state index contributed by atoms with van der Waals surface area (Å²) in [5.74, 6) is 0.782. The Bertz CT molecular complexity index is 1630. The third-order valence-electron chi connectivity index (χ3n) is 5.37. The molecule has 3 aromatic heterocycles. The molecule has 0 radical (unpaired) electrons. The van der Waals surface area contributed by atoms with E-state index in [2.05, 4.69) is 9.97 Å². The number of fused-ring (bicyclic) bond motifs is 4. The standard InChI is InChI=1S/C24H21ClN4O4S/c1-2-32-11-5-10-29-23(31)15-9-8-14(25)12-17(15)26-24(29)34-13-19-27-20-16-6-3-4-7-18(16)33-21(20)22(30)28-19/h3-4,6-9,12H,2,5,10-11,13H2,1H3,(H,27,28,30). The number of nitrogens with zero attached hydrogens (tertiary/aromatic N) is 3. The van der Waals surface area contributed by atoms with Gasteiger partial charge in [0.2, 0.25) is 5.58 Å². The fourth-order valence-corrected chi connectivity index (χ4v) is 4.86. The van der Waals surface area contributed by atoms with E-state index >= 15 is 0 Å². The summed E-state index contributed by atoms with van der Waals surface area (Å²) in [7, 11) is 0. The van der Waals surface area contributed by atoms with Crippen LogP contribution in [0.1, 0.15) is 19.2 Å². The lowest BCUT2D eigenvalue weighted by Gasteiger charge is -2.13. The van der Waals surface area contributed by atoms with E-state index in [4.69, 9.17) is 25.7 Å². The maximum absolute atomic E-state index is 13.2. The minimum atomic E-state index is -0.343. The number of furan rings is 1. The Kier molecular flexibility index (Phi) is 6.40. The van der Waals surface area contributed by atoms with Crippen LogP contribution in [0, 0.1) is 0 Å². The molecular weight excluding hydrogens is 476 g/mol. The first kappa shape index (κ1) is 22.6. The molecule has 0 fully saturated rings.